The average Bonchev–Trinajstić information content (AvgIpc) is 3.49. The van der Waals surface area contributed by atoms with Crippen molar-refractivity contribution in [2.75, 3.05) is 13.2 Å². The first-order valence-corrected chi connectivity index (χ1v) is 10.2. The van der Waals surface area contributed by atoms with Gasteiger partial charge in [0.15, 0.2) is 0 Å². The Morgan fingerprint density at radius 2 is 1.81 bits per heavy atom. The molecule has 8 heteroatoms. The molecular weight excluding hydrogens is 399 g/mol. The van der Waals surface area contributed by atoms with E-state index in [0.717, 1.165) is 11.1 Å². The lowest BCUT2D eigenvalue weighted by molar-refractivity contribution is -0.124. The van der Waals surface area contributed by atoms with E-state index >= 15 is 0 Å². The molecule has 1 amide bonds. The SMILES string of the molecule is O=C(NC1COCC1n1nc(-c2ccncc2)ccc1=O)C1(c2ccc(F)cc2)CC1. The fraction of sp³-hybridized carbons (Fsp3) is 0.304. The summed E-state index contributed by atoms with van der Waals surface area (Å²) >= 11 is 0. The Morgan fingerprint density at radius 3 is 2.52 bits per heavy atom. The van der Waals surface area contributed by atoms with Crippen LogP contribution in [0.25, 0.3) is 11.3 Å². The Morgan fingerprint density at radius 1 is 1.06 bits per heavy atom. The number of carbonyl (C=O) groups excluding carboxylic acids is 1. The fourth-order valence-corrected chi connectivity index (χ4v) is 4.11. The minimum Gasteiger partial charge on any atom is -0.377 e. The van der Waals surface area contributed by atoms with Gasteiger partial charge in [0.2, 0.25) is 5.91 Å². The van der Waals surface area contributed by atoms with Gasteiger partial charge in [-0.1, -0.05) is 12.1 Å². The number of benzene rings is 1. The molecule has 1 aliphatic carbocycles. The van der Waals surface area contributed by atoms with Crippen molar-refractivity contribution in [3.8, 4) is 11.3 Å². The maximum Gasteiger partial charge on any atom is 0.267 e. The molecule has 31 heavy (non-hydrogen) atoms. The summed E-state index contributed by atoms with van der Waals surface area (Å²) in [4.78, 5) is 29.7. The third kappa shape index (κ3) is 3.63. The van der Waals surface area contributed by atoms with Crippen molar-refractivity contribution < 1.29 is 13.9 Å². The lowest BCUT2D eigenvalue weighted by Crippen LogP contribution is -2.47. The van der Waals surface area contributed by atoms with E-state index in [1.54, 1.807) is 30.6 Å². The Labute approximate surface area is 177 Å². The number of rotatable bonds is 5. The monoisotopic (exact) mass is 420 g/mol. The van der Waals surface area contributed by atoms with Gasteiger partial charge in [0.1, 0.15) is 11.9 Å². The van der Waals surface area contributed by atoms with Crippen molar-refractivity contribution in [2.45, 2.75) is 30.3 Å². The summed E-state index contributed by atoms with van der Waals surface area (Å²) in [5, 5.41) is 7.59. The van der Waals surface area contributed by atoms with E-state index < -0.39 is 11.5 Å². The first-order valence-electron chi connectivity index (χ1n) is 10.2. The minimum atomic E-state index is -0.641. The second-order valence-corrected chi connectivity index (χ2v) is 8.01. The topological polar surface area (TPSA) is 86.1 Å². The summed E-state index contributed by atoms with van der Waals surface area (Å²) in [6.45, 7) is 0.574. The van der Waals surface area contributed by atoms with E-state index in [0.29, 0.717) is 25.1 Å². The first-order chi connectivity index (χ1) is 15.1. The van der Waals surface area contributed by atoms with E-state index in [1.807, 2.05) is 12.1 Å². The van der Waals surface area contributed by atoms with Gasteiger partial charge in [0, 0.05) is 24.0 Å². The van der Waals surface area contributed by atoms with Gasteiger partial charge in [-0.15, -0.1) is 0 Å². The van der Waals surface area contributed by atoms with Crippen LogP contribution in [0.2, 0.25) is 0 Å². The number of pyridine rings is 1. The van der Waals surface area contributed by atoms with Crippen LogP contribution in [0.15, 0.2) is 65.7 Å². The molecule has 2 unspecified atom stereocenters. The molecule has 0 spiro atoms. The largest absolute Gasteiger partial charge is 0.377 e. The summed E-state index contributed by atoms with van der Waals surface area (Å²) in [6, 6.07) is 12.1. The molecule has 1 aliphatic heterocycles. The van der Waals surface area contributed by atoms with Gasteiger partial charge in [-0.25, -0.2) is 9.07 Å². The number of hydrogen-bond donors (Lipinski definition) is 1. The summed E-state index contributed by atoms with van der Waals surface area (Å²) in [7, 11) is 0. The molecule has 3 aromatic rings. The molecule has 5 rings (SSSR count). The molecule has 2 fully saturated rings. The number of ether oxygens (including phenoxy) is 1. The van der Waals surface area contributed by atoms with Crippen LogP contribution >= 0.6 is 0 Å². The van der Waals surface area contributed by atoms with Crippen LogP contribution in [0, 0.1) is 5.82 Å². The molecule has 0 bridgehead atoms. The van der Waals surface area contributed by atoms with Gasteiger partial charge < -0.3 is 10.1 Å². The van der Waals surface area contributed by atoms with Gasteiger partial charge >= 0.3 is 0 Å². The van der Waals surface area contributed by atoms with Crippen LogP contribution in [0.4, 0.5) is 4.39 Å². The van der Waals surface area contributed by atoms with E-state index in [4.69, 9.17) is 4.74 Å². The second kappa shape index (κ2) is 7.70. The highest BCUT2D eigenvalue weighted by atomic mass is 19.1. The van der Waals surface area contributed by atoms with E-state index in [2.05, 4.69) is 15.4 Å². The number of carbonyl (C=O) groups is 1. The third-order valence-electron chi connectivity index (χ3n) is 6.06. The van der Waals surface area contributed by atoms with Gasteiger partial charge in [-0.3, -0.25) is 14.6 Å². The molecule has 0 radical (unpaired) electrons. The maximum absolute atomic E-state index is 13.3. The van der Waals surface area contributed by atoms with Crippen molar-refractivity contribution in [3.05, 3.63) is 82.7 Å². The number of halogens is 1. The van der Waals surface area contributed by atoms with Gasteiger partial charge in [0.05, 0.1) is 30.4 Å². The van der Waals surface area contributed by atoms with Gasteiger partial charge in [-0.2, -0.15) is 5.10 Å². The Kier molecular flexibility index (Phi) is 4.86. The van der Waals surface area contributed by atoms with E-state index in [1.165, 1.54) is 22.9 Å². The van der Waals surface area contributed by atoms with E-state index in [9.17, 15) is 14.0 Å². The Hall–Kier alpha value is -3.39. The molecule has 7 nitrogen and oxygen atoms in total. The van der Waals surface area contributed by atoms with Gasteiger partial charge in [-0.05, 0) is 48.7 Å². The van der Waals surface area contributed by atoms with Gasteiger partial charge in [0.25, 0.3) is 5.56 Å². The molecule has 2 aromatic heterocycles. The predicted octanol–water partition coefficient (Wildman–Crippen LogP) is 2.23. The normalized spacial score (nSPS) is 21.6. The highest BCUT2D eigenvalue weighted by Crippen LogP contribution is 2.48. The van der Waals surface area contributed by atoms with Crippen LogP contribution in [-0.2, 0) is 14.9 Å². The van der Waals surface area contributed by atoms with Crippen LogP contribution in [0.3, 0.4) is 0 Å². The van der Waals surface area contributed by atoms with E-state index in [-0.39, 0.29) is 29.9 Å². The zero-order valence-electron chi connectivity index (χ0n) is 16.7. The molecule has 2 aliphatic rings. The van der Waals surface area contributed by atoms with Crippen molar-refractivity contribution in [1.29, 1.82) is 0 Å². The Balaban J connectivity index is 1.39. The molecular formula is C23H21FN4O3. The highest BCUT2D eigenvalue weighted by molar-refractivity contribution is 5.91. The van der Waals surface area contributed by atoms with Crippen LogP contribution < -0.4 is 10.9 Å². The summed E-state index contributed by atoms with van der Waals surface area (Å²) in [5.74, 6) is -0.457. The summed E-state index contributed by atoms with van der Waals surface area (Å²) in [6.07, 6.45) is 4.74. The van der Waals surface area contributed by atoms with Crippen molar-refractivity contribution >= 4 is 5.91 Å². The number of aromatic nitrogens is 3. The lowest BCUT2D eigenvalue weighted by Gasteiger charge is -2.24. The fourth-order valence-electron chi connectivity index (χ4n) is 4.11. The van der Waals surface area contributed by atoms with Crippen LogP contribution in [-0.4, -0.2) is 39.9 Å². The molecule has 1 saturated heterocycles. The zero-order valence-corrected chi connectivity index (χ0v) is 16.7. The average molecular weight is 420 g/mol. The minimum absolute atomic E-state index is 0.127. The number of nitrogens with one attached hydrogen (secondary N) is 1. The number of hydrogen-bond acceptors (Lipinski definition) is 5. The molecule has 1 saturated carbocycles. The number of nitrogens with zero attached hydrogens (tertiary/aromatic N) is 3. The molecule has 1 aromatic carbocycles. The van der Waals surface area contributed by atoms with Crippen LogP contribution in [0.5, 0.6) is 0 Å². The molecule has 2 atom stereocenters. The third-order valence-corrected chi connectivity index (χ3v) is 6.06. The summed E-state index contributed by atoms with van der Waals surface area (Å²) < 4.78 is 20.3. The van der Waals surface area contributed by atoms with Crippen LogP contribution in [0.1, 0.15) is 24.4 Å². The first kappa shape index (κ1) is 19.6. The lowest BCUT2D eigenvalue weighted by atomic mass is 9.94. The molecule has 3 heterocycles. The van der Waals surface area contributed by atoms with Crippen molar-refractivity contribution in [2.24, 2.45) is 0 Å². The van der Waals surface area contributed by atoms with Crippen molar-refractivity contribution in [3.63, 3.8) is 0 Å². The zero-order chi connectivity index (χ0) is 21.4. The summed E-state index contributed by atoms with van der Waals surface area (Å²) in [5.41, 5.74) is 1.39. The number of amides is 1. The predicted molar refractivity (Wildman–Crippen MR) is 111 cm³/mol. The quantitative estimate of drug-likeness (QED) is 0.684. The molecule has 1 N–H and O–H groups in total. The Bertz CT molecular complexity index is 1160. The molecule has 158 valence electrons. The second-order valence-electron chi connectivity index (χ2n) is 8.01. The maximum atomic E-state index is 13.3. The highest BCUT2D eigenvalue weighted by Gasteiger charge is 2.52. The standard InChI is InChI=1S/C23H21FN4O3/c24-17-3-1-16(2-4-17)23(9-10-23)22(30)26-19-13-31-14-20(19)28-21(29)6-5-18(27-28)15-7-11-25-12-8-15/h1-8,11-12,19-20H,9-10,13-14H2,(H,26,30). The smallest absolute Gasteiger partial charge is 0.267 e. The van der Waals surface area contributed by atoms with Crippen molar-refractivity contribution in [1.82, 2.24) is 20.1 Å².